The summed E-state index contributed by atoms with van der Waals surface area (Å²) in [4.78, 5) is 3.94. The molecule has 2 aromatic rings. The largest absolute Gasteiger partial charge is 0.397 e. The molecule has 4 nitrogen and oxygen atoms in total. The molecule has 0 bridgehead atoms. The van der Waals surface area contributed by atoms with Gasteiger partial charge in [0.25, 0.3) is 0 Å². The van der Waals surface area contributed by atoms with E-state index in [1.807, 2.05) is 10.8 Å². The first-order valence-electron chi connectivity index (χ1n) is 5.00. The second-order valence-electron chi connectivity index (χ2n) is 3.46. The molecule has 3 N–H and O–H groups in total. The average molecular weight is 220 g/mol. The Balaban J connectivity index is 1.90. The van der Waals surface area contributed by atoms with Gasteiger partial charge in [-0.25, -0.2) is 9.37 Å². The van der Waals surface area contributed by atoms with E-state index < -0.39 is 0 Å². The van der Waals surface area contributed by atoms with Gasteiger partial charge in [-0.2, -0.15) is 0 Å². The first kappa shape index (κ1) is 10.5. The van der Waals surface area contributed by atoms with Gasteiger partial charge in [0, 0.05) is 25.5 Å². The third-order valence-electron chi connectivity index (χ3n) is 2.26. The number of hydrogen-bond acceptors (Lipinski definition) is 3. The first-order chi connectivity index (χ1) is 7.75. The normalized spacial score (nSPS) is 10.3. The molecule has 0 spiro atoms. The van der Waals surface area contributed by atoms with Crippen LogP contribution in [0.3, 0.4) is 0 Å². The van der Waals surface area contributed by atoms with E-state index in [4.69, 9.17) is 5.73 Å². The molecule has 0 unspecified atom stereocenters. The third kappa shape index (κ3) is 2.50. The molecule has 0 fully saturated rings. The topological polar surface area (TPSA) is 55.9 Å². The highest BCUT2D eigenvalue weighted by Crippen LogP contribution is 2.18. The summed E-state index contributed by atoms with van der Waals surface area (Å²) < 4.78 is 14.7. The molecule has 0 atom stereocenters. The van der Waals surface area contributed by atoms with Crippen molar-refractivity contribution >= 4 is 11.4 Å². The number of benzene rings is 1. The van der Waals surface area contributed by atoms with Crippen LogP contribution in [0.4, 0.5) is 15.8 Å². The van der Waals surface area contributed by atoms with Crippen LogP contribution in [0.25, 0.3) is 0 Å². The number of anilines is 2. The van der Waals surface area contributed by atoms with Crippen LogP contribution in [0.15, 0.2) is 36.9 Å². The summed E-state index contributed by atoms with van der Waals surface area (Å²) >= 11 is 0. The summed E-state index contributed by atoms with van der Waals surface area (Å²) in [5, 5.41) is 3.14. The molecule has 5 heteroatoms. The van der Waals surface area contributed by atoms with Crippen LogP contribution < -0.4 is 11.1 Å². The van der Waals surface area contributed by atoms with Crippen LogP contribution in [-0.4, -0.2) is 16.1 Å². The lowest BCUT2D eigenvalue weighted by molar-refractivity contribution is 0.628. The molecule has 0 aliphatic heterocycles. The lowest BCUT2D eigenvalue weighted by Crippen LogP contribution is -2.10. The fraction of sp³-hybridized carbons (Fsp3) is 0.182. The Morgan fingerprint density at radius 2 is 2.31 bits per heavy atom. The molecule has 1 aromatic carbocycles. The highest BCUT2D eigenvalue weighted by atomic mass is 19.1. The van der Waals surface area contributed by atoms with E-state index in [2.05, 4.69) is 10.3 Å². The van der Waals surface area contributed by atoms with Crippen LogP contribution in [0, 0.1) is 5.82 Å². The van der Waals surface area contributed by atoms with E-state index in [0.29, 0.717) is 12.2 Å². The quantitative estimate of drug-likeness (QED) is 0.771. The summed E-state index contributed by atoms with van der Waals surface area (Å²) in [6.45, 7) is 1.50. The fourth-order valence-electron chi connectivity index (χ4n) is 1.43. The van der Waals surface area contributed by atoms with Gasteiger partial charge in [-0.3, -0.25) is 0 Å². The molecule has 0 aliphatic carbocycles. The zero-order valence-corrected chi connectivity index (χ0v) is 8.73. The Bertz CT molecular complexity index is 453. The van der Waals surface area contributed by atoms with Crippen LogP contribution >= 0.6 is 0 Å². The Morgan fingerprint density at radius 1 is 1.44 bits per heavy atom. The van der Waals surface area contributed by atoms with Crippen molar-refractivity contribution in [3.05, 3.63) is 42.7 Å². The number of aromatic nitrogens is 2. The Morgan fingerprint density at radius 3 is 3.00 bits per heavy atom. The molecular weight excluding hydrogens is 207 g/mol. The van der Waals surface area contributed by atoms with Gasteiger partial charge < -0.3 is 15.6 Å². The molecule has 0 aliphatic rings. The minimum absolute atomic E-state index is 0.322. The van der Waals surface area contributed by atoms with Gasteiger partial charge >= 0.3 is 0 Å². The molecule has 16 heavy (non-hydrogen) atoms. The zero-order valence-electron chi connectivity index (χ0n) is 8.73. The van der Waals surface area contributed by atoms with E-state index in [9.17, 15) is 4.39 Å². The fourth-order valence-corrected chi connectivity index (χ4v) is 1.43. The molecular formula is C11H13FN4. The molecule has 0 radical (unpaired) electrons. The van der Waals surface area contributed by atoms with Crippen molar-refractivity contribution in [3.63, 3.8) is 0 Å². The minimum Gasteiger partial charge on any atom is -0.397 e. The molecule has 1 heterocycles. The van der Waals surface area contributed by atoms with E-state index in [1.54, 1.807) is 18.6 Å². The van der Waals surface area contributed by atoms with Crippen molar-refractivity contribution in [1.82, 2.24) is 9.55 Å². The van der Waals surface area contributed by atoms with Gasteiger partial charge in [-0.05, 0) is 18.2 Å². The lowest BCUT2D eigenvalue weighted by Gasteiger charge is -2.09. The number of nitrogen functional groups attached to an aromatic ring is 1. The standard InChI is InChI=1S/C11H13FN4/c12-9-1-2-11(10(13)7-9)15-4-6-16-5-3-14-8-16/h1-3,5,7-8,15H,4,6,13H2. The first-order valence-corrected chi connectivity index (χ1v) is 5.00. The van der Waals surface area contributed by atoms with Gasteiger partial charge in [0.15, 0.2) is 0 Å². The maximum absolute atomic E-state index is 12.8. The second-order valence-corrected chi connectivity index (χ2v) is 3.46. The van der Waals surface area contributed by atoms with Crippen LogP contribution in [0.1, 0.15) is 0 Å². The van der Waals surface area contributed by atoms with Gasteiger partial charge in [-0.1, -0.05) is 0 Å². The SMILES string of the molecule is Nc1cc(F)ccc1NCCn1ccnc1. The summed E-state index contributed by atoms with van der Waals surface area (Å²) in [5.74, 6) is -0.322. The minimum atomic E-state index is -0.322. The summed E-state index contributed by atoms with van der Waals surface area (Å²) in [5.41, 5.74) is 6.83. The maximum Gasteiger partial charge on any atom is 0.125 e. The van der Waals surface area contributed by atoms with Crippen molar-refractivity contribution < 1.29 is 4.39 Å². The molecule has 0 saturated heterocycles. The van der Waals surface area contributed by atoms with Crippen LogP contribution in [-0.2, 0) is 6.54 Å². The van der Waals surface area contributed by atoms with Crippen molar-refractivity contribution in [3.8, 4) is 0 Å². The van der Waals surface area contributed by atoms with E-state index in [1.165, 1.54) is 12.1 Å². The average Bonchev–Trinajstić information content (AvgIpc) is 2.74. The summed E-state index contributed by atoms with van der Waals surface area (Å²) in [6.07, 6.45) is 5.36. The number of nitrogens with one attached hydrogen (secondary N) is 1. The predicted molar refractivity (Wildman–Crippen MR) is 61.5 cm³/mol. The van der Waals surface area contributed by atoms with Crippen LogP contribution in [0.5, 0.6) is 0 Å². The zero-order chi connectivity index (χ0) is 11.4. The van der Waals surface area contributed by atoms with Gasteiger partial charge in [-0.15, -0.1) is 0 Å². The number of imidazole rings is 1. The van der Waals surface area contributed by atoms with Gasteiger partial charge in [0.1, 0.15) is 5.82 Å². The molecule has 0 saturated carbocycles. The van der Waals surface area contributed by atoms with Gasteiger partial charge in [0.2, 0.25) is 0 Å². The number of nitrogens with zero attached hydrogens (tertiary/aromatic N) is 2. The molecule has 0 amide bonds. The van der Waals surface area contributed by atoms with Crippen LogP contribution in [0.2, 0.25) is 0 Å². The molecule has 1 aromatic heterocycles. The van der Waals surface area contributed by atoms with Crippen molar-refractivity contribution in [2.45, 2.75) is 6.54 Å². The van der Waals surface area contributed by atoms with Gasteiger partial charge in [0.05, 0.1) is 17.7 Å². The maximum atomic E-state index is 12.8. The number of hydrogen-bond donors (Lipinski definition) is 2. The monoisotopic (exact) mass is 220 g/mol. The number of rotatable bonds is 4. The number of halogens is 1. The second kappa shape index (κ2) is 4.65. The third-order valence-corrected chi connectivity index (χ3v) is 2.26. The van der Waals surface area contributed by atoms with E-state index in [-0.39, 0.29) is 5.82 Å². The lowest BCUT2D eigenvalue weighted by atomic mass is 10.2. The highest BCUT2D eigenvalue weighted by Gasteiger charge is 1.99. The molecule has 84 valence electrons. The number of nitrogens with two attached hydrogens (primary N) is 1. The summed E-state index contributed by atoms with van der Waals surface area (Å²) in [6, 6.07) is 4.33. The smallest absolute Gasteiger partial charge is 0.125 e. The Labute approximate surface area is 92.9 Å². The Kier molecular flexibility index (Phi) is 3.05. The van der Waals surface area contributed by atoms with E-state index in [0.717, 1.165) is 12.2 Å². The Hall–Kier alpha value is -2.04. The molecule has 2 rings (SSSR count). The van der Waals surface area contributed by atoms with Crippen molar-refractivity contribution in [2.24, 2.45) is 0 Å². The highest BCUT2D eigenvalue weighted by molar-refractivity contribution is 5.65. The van der Waals surface area contributed by atoms with Crippen molar-refractivity contribution in [1.29, 1.82) is 0 Å². The summed E-state index contributed by atoms with van der Waals surface area (Å²) in [7, 11) is 0. The predicted octanol–water partition coefficient (Wildman–Crippen LogP) is 1.72. The van der Waals surface area contributed by atoms with Crippen molar-refractivity contribution in [2.75, 3.05) is 17.6 Å². The van der Waals surface area contributed by atoms with E-state index >= 15 is 0 Å².